The molecule has 84 valence electrons. The summed E-state index contributed by atoms with van der Waals surface area (Å²) < 4.78 is 5.69. The van der Waals surface area contributed by atoms with Gasteiger partial charge in [-0.2, -0.15) is 0 Å². The van der Waals surface area contributed by atoms with Gasteiger partial charge in [-0.15, -0.1) is 0 Å². The molecule has 1 N–H and O–H groups in total. The van der Waals surface area contributed by atoms with Crippen LogP contribution in [0.5, 0.6) is 5.88 Å². The van der Waals surface area contributed by atoms with E-state index in [4.69, 9.17) is 4.74 Å². The zero-order valence-corrected chi connectivity index (χ0v) is 9.13. The minimum Gasteiger partial charge on any atom is -0.472 e. The third-order valence-corrected chi connectivity index (χ3v) is 2.54. The Morgan fingerprint density at radius 2 is 1.94 bits per heavy atom. The largest absolute Gasteiger partial charge is 0.472 e. The fourth-order valence-electron chi connectivity index (χ4n) is 1.69. The Bertz CT molecular complexity index is 619. The lowest BCUT2D eigenvalue weighted by Gasteiger charge is -2.05. The lowest BCUT2D eigenvalue weighted by atomic mass is 10.2. The van der Waals surface area contributed by atoms with Gasteiger partial charge < -0.3 is 9.72 Å². The van der Waals surface area contributed by atoms with Crippen LogP contribution in [0.25, 0.3) is 11.0 Å². The molecule has 0 aliphatic carbocycles. The van der Waals surface area contributed by atoms with Crippen LogP contribution in [0.4, 0.5) is 0 Å². The summed E-state index contributed by atoms with van der Waals surface area (Å²) in [6.45, 7) is 0.512. The molecule has 1 aromatic carbocycles. The molecule has 0 saturated carbocycles. The van der Waals surface area contributed by atoms with Crippen LogP contribution >= 0.6 is 0 Å². The van der Waals surface area contributed by atoms with Gasteiger partial charge in [-0.25, -0.2) is 9.97 Å². The van der Waals surface area contributed by atoms with Crippen LogP contribution in [-0.4, -0.2) is 15.0 Å². The normalized spacial score (nSPS) is 10.6. The molecule has 0 radical (unpaired) electrons. The van der Waals surface area contributed by atoms with E-state index in [-0.39, 0.29) is 0 Å². The van der Waals surface area contributed by atoms with Crippen LogP contribution in [0.15, 0.2) is 48.9 Å². The summed E-state index contributed by atoms with van der Waals surface area (Å²) in [5, 5.41) is 0.906. The van der Waals surface area contributed by atoms with E-state index in [1.165, 1.54) is 6.33 Å². The first-order chi connectivity index (χ1) is 8.43. The highest BCUT2D eigenvalue weighted by Gasteiger charge is 2.05. The number of fused-ring (bicyclic) bond motifs is 1. The second-order valence-corrected chi connectivity index (χ2v) is 3.69. The average molecular weight is 225 g/mol. The van der Waals surface area contributed by atoms with Crippen LogP contribution in [-0.2, 0) is 6.61 Å². The van der Waals surface area contributed by atoms with Crippen LogP contribution < -0.4 is 4.74 Å². The van der Waals surface area contributed by atoms with Crippen molar-refractivity contribution >= 4 is 11.0 Å². The Labute approximate surface area is 98.3 Å². The number of hydrogen-bond acceptors (Lipinski definition) is 3. The molecule has 0 aliphatic rings. The van der Waals surface area contributed by atoms with E-state index in [0.29, 0.717) is 12.5 Å². The number of rotatable bonds is 3. The van der Waals surface area contributed by atoms with Crippen molar-refractivity contribution in [1.29, 1.82) is 0 Å². The maximum Gasteiger partial charge on any atom is 0.226 e. The Hall–Kier alpha value is -2.36. The molecule has 4 heteroatoms. The molecule has 3 rings (SSSR count). The fourth-order valence-corrected chi connectivity index (χ4v) is 1.69. The molecule has 0 unspecified atom stereocenters. The fraction of sp³-hybridized carbons (Fsp3) is 0.0769. The van der Waals surface area contributed by atoms with Crippen molar-refractivity contribution in [3.63, 3.8) is 0 Å². The summed E-state index contributed by atoms with van der Waals surface area (Å²) in [6.07, 6.45) is 3.33. The number of aromatic amines is 1. The number of nitrogens with zero attached hydrogens (tertiary/aromatic N) is 2. The Balaban J connectivity index is 1.84. The quantitative estimate of drug-likeness (QED) is 0.745. The molecule has 0 saturated heterocycles. The average Bonchev–Trinajstić information content (AvgIpc) is 2.86. The highest BCUT2D eigenvalue weighted by Crippen LogP contribution is 2.20. The third kappa shape index (κ3) is 1.97. The number of benzene rings is 1. The molecule has 0 fully saturated rings. The number of aromatic nitrogens is 3. The van der Waals surface area contributed by atoms with Gasteiger partial charge in [0.25, 0.3) is 0 Å². The summed E-state index contributed by atoms with van der Waals surface area (Å²) in [6, 6.07) is 11.9. The first-order valence-corrected chi connectivity index (χ1v) is 5.38. The van der Waals surface area contributed by atoms with Gasteiger partial charge in [-0.05, 0) is 11.6 Å². The van der Waals surface area contributed by atoms with Crippen LogP contribution in [0.2, 0.25) is 0 Å². The number of ether oxygens (including phenoxy) is 1. The predicted octanol–water partition coefficient (Wildman–Crippen LogP) is 2.54. The highest BCUT2D eigenvalue weighted by molar-refractivity contribution is 5.80. The van der Waals surface area contributed by atoms with Crippen LogP contribution in [0.1, 0.15) is 5.56 Å². The topological polar surface area (TPSA) is 50.8 Å². The summed E-state index contributed by atoms with van der Waals surface area (Å²) >= 11 is 0. The van der Waals surface area contributed by atoms with Gasteiger partial charge in [-0.1, -0.05) is 30.3 Å². The molecule has 2 aromatic heterocycles. The summed E-state index contributed by atoms with van der Waals surface area (Å²) in [4.78, 5) is 11.3. The lowest BCUT2D eigenvalue weighted by molar-refractivity contribution is 0.297. The van der Waals surface area contributed by atoms with Crippen molar-refractivity contribution in [1.82, 2.24) is 15.0 Å². The SMILES string of the molecule is c1ccc(COc2ncnc3[nH]ccc23)cc1. The molecule has 0 atom stereocenters. The van der Waals surface area contributed by atoms with Gasteiger partial charge in [-0.3, -0.25) is 0 Å². The summed E-state index contributed by atoms with van der Waals surface area (Å²) in [7, 11) is 0. The zero-order valence-electron chi connectivity index (χ0n) is 9.13. The molecule has 4 nitrogen and oxygen atoms in total. The second kappa shape index (κ2) is 4.25. The standard InChI is InChI=1S/C13H11N3O/c1-2-4-10(5-3-1)8-17-13-11-6-7-14-12(11)15-9-16-13/h1-7,9H,8H2,(H,14,15,16). The van der Waals surface area contributed by atoms with Crippen LogP contribution in [0.3, 0.4) is 0 Å². The monoisotopic (exact) mass is 225 g/mol. The van der Waals surface area contributed by atoms with Gasteiger partial charge in [0, 0.05) is 6.20 Å². The first-order valence-electron chi connectivity index (χ1n) is 5.38. The van der Waals surface area contributed by atoms with Crippen molar-refractivity contribution in [2.24, 2.45) is 0 Å². The molecule has 17 heavy (non-hydrogen) atoms. The smallest absolute Gasteiger partial charge is 0.226 e. The van der Waals surface area contributed by atoms with Crippen molar-refractivity contribution in [2.45, 2.75) is 6.61 Å². The van der Waals surface area contributed by atoms with Gasteiger partial charge in [0.05, 0.1) is 5.39 Å². The van der Waals surface area contributed by atoms with E-state index >= 15 is 0 Å². The van der Waals surface area contributed by atoms with Crippen molar-refractivity contribution in [3.05, 3.63) is 54.5 Å². The third-order valence-electron chi connectivity index (χ3n) is 2.54. The lowest BCUT2D eigenvalue weighted by Crippen LogP contribution is -1.97. The van der Waals surface area contributed by atoms with E-state index in [0.717, 1.165) is 16.6 Å². The maximum absolute atomic E-state index is 5.69. The predicted molar refractivity (Wildman–Crippen MR) is 64.7 cm³/mol. The van der Waals surface area contributed by atoms with E-state index in [2.05, 4.69) is 15.0 Å². The molecule has 0 spiro atoms. The maximum atomic E-state index is 5.69. The van der Waals surface area contributed by atoms with E-state index in [1.807, 2.05) is 42.6 Å². The van der Waals surface area contributed by atoms with E-state index in [9.17, 15) is 0 Å². The summed E-state index contributed by atoms with van der Waals surface area (Å²) in [5.41, 5.74) is 1.91. The molecule has 0 bridgehead atoms. The molecule has 3 aromatic rings. The molecule has 0 amide bonds. The Morgan fingerprint density at radius 3 is 2.82 bits per heavy atom. The minimum absolute atomic E-state index is 0.512. The summed E-state index contributed by atoms with van der Waals surface area (Å²) in [5.74, 6) is 0.611. The van der Waals surface area contributed by atoms with Crippen molar-refractivity contribution in [2.75, 3.05) is 0 Å². The molecule has 0 aliphatic heterocycles. The van der Waals surface area contributed by atoms with Gasteiger partial charge in [0.15, 0.2) is 0 Å². The highest BCUT2D eigenvalue weighted by atomic mass is 16.5. The van der Waals surface area contributed by atoms with Gasteiger partial charge in [0.2, 0.25) is 5.88 Å². The number of hydrogen-bond donors (Lipinski definition) is 1. The van der Waals surface area contributed by atoms with Crippen molar-refractivity contribution < 1.29 is 4.74 Å². The second-order valence-electron chi connectivity index (χ2n) is 3.69. The van der Waals surface area contributed by atoms with E-state index < -0.39 is 0 Å². The van der Waals surface area contributed by atoms with Crippen molar-refractivity contribution in [3.8, 4) is 5.88 Å². The Kier molecular flexibility index (Phi) is 2.46. The first kappa shape index (κ1) is 9.84. The number of H-pyrrole nitrogens is 1. The van der Waals surface area contributed by atoms with E-state index in [1.54, 1.807) is 0 Å². The molecular formula is C13H11N3O. The van der Waals surface area contributed by atoms with Crippen LogP contribution in [0, 0.1) is 0 Å². The minimum atomic E-state index is 0.512. The Morgan fingerprint density at radius 1 is 1.06 bits per heavy atom. The van der Waals surface area contributed by atoms with Gasteiger partial charge in [0.1, 0.15) is 18.6 Å². The number of nitrogens with one attached hydrogen (secondary N) is 1. The molecular weight excluding hydrogens is 214 g/mol. The molecule has 2 heterocycles. The zero-order chi connectivity index (χ0) is 11.5. The van der Waals surface area contributed by atoms with Gasteiger partial charge >= 0.3 is 0 Å².